The summed E-state index contributed by atoms with van der Waals surface area (Å²) < 4.78 is 0.805. The second-order valence-electron chi connectivity index (χ2n) is 3.34. The van der Waals surface area contributed by atoms with Crippen LogP contribution in [0, 0.1) is 0 Å². The molecule has 0 bridgehead atoms. The lowest BCUT2D eigenvalue weighted by Gasteiger charge is -2.07. The van der Waals surface area contributed by atoms with Crippen molar-refractivity contribution in [3.63, 3.8) is 0 Å². The van der Waals surface area contributed by atoms with E-state index in [1.165, 1.54) is 23.1 Å². The van der Waals surface area contributed by atoms with Crippen molar-refractivity contribution in [3.8, 4) is 0 Å². The predicted octanol–water partition coefficient (Wildman–Crippen LogP) is 3.56. The monoisotopic (exact) mass is 284 g/mol. The largest absolute Gasteiger partial charge is 0.293 e. The second kappa shape index (κ2) is 5.62. The third kappa shape index (κ3) is 3.28. The quantitative estimate of drug-likeness (QED) is 0.636. The molecular formula is C11H9ClN2OS2. The van der Waals surface area contributed by atoms with Gasteiger partial charge in [0.05, 0.1) is 5.25 Å². The van der Waals surface area contributed by atoms with Gasteiger partial charge >= 0.3 is 0 Å². The number of carbonyl (C=O) groups is 1. The molecule has 0 amide bonds. The first-order valence-electron chi connectivity index (χ1n) is 4.89. The molecule has 2 aromatic rings. The molecular weight excluding hydrogens is 276 g/mol. The smallest absolute Gasteiger partial charge is 0.175 e. The third-order valence-corrected chi connectivity index (χ3v) is 4.28. The van der Waals surface area contributed by atoms with Gasteiger partial charge in [0, 0.05) is 10.6 Å². The number of Topliss-reactive ketones (excluding diaryl/α,β-unsaturated/α-hetero) is 1. The number of hydrogen-bond donors (Lipinski definition) is 0. The molecule has 0 radical (unpaired) electrons. The number of ketones is 1. The van der Waals surface area contributed by atoms with Crippen molar-refractivity contribution in [2.45, 2.75) is 16.5 Å². The van der Waals surface area contributed by atoms with Crippen molar-refractivity contribution in [1.29, 1.82) is 0 Å². The van der Waals surface area contributed by atoms with Crippen molar-refractivity contribution in [2.75, 3.05) is 0 Å². The number of aromatic nitrogens is 2. The molecule has 2 rings (SSSR count). The maximum Gasteiger partial charge on any atom is 0.175 e. The first-order chi connectivity index (χ1) is 8.16. The highest BCUT2D eigenvalue weighted by Crippen LogP contribution is 2.26. The van der Waals surface area contributed by atoms with E-state index >= 15 is 0 Å². The highest BCUT2D eigenvalue weighted by Gasteiger charge is 2.17. The molecule has 6 heteroatoms. The van der Waals surface area contributed by atoms with Crippen LogP contribution in [-0.2, 0) is 0 Å². The van der Waals surface area contributed by atoms with Gasteiger partial charge in [0.25, 0.3) is 0 Å². The molecule has 0 N–H and O–H groups in total. The van der Waals surface area contributed by atoms with E-state index in [4.69, 9.17) is 11.6 Å². The Morgan fingerprint density at radius 2 is 2.12 bits per heavy atom. The van der Waals surface area contributed by atoms with E-state index in [1.54, 1.807) is 29.8 Å². The van der Waals surface area contributed by atoms with Crippen LogP contribution < -0.4 is 0 Å². The normalized spacial score (nSPS) is 12.4. The minimum Gasteiger partial charge on any atom is -0.293 e. The van der Waals surface area contributed by atoms with Crippen molar-refractivity contribution < 1.29 is 4.79 Å². The summed E-state index contributed by atoms with van der Waals surface area (Å²) in [7, 11) is 0. The summed E-state index contributed by atoms with van der Waals surface area (Å²) in [5, 5.41) is 8.10. The molecule has 1 aromatic carbocycles. The highest BCUT2D eigenvalue weighted by molar-refractivity contribution is 8.02. The summed E-state index contributed by atoms with van der Waals surface area (Å²) >= 11 is 8.63. The number of rotatable bonds is 4. The number of thioether (sulfide) groups is 1. The first-order valence-corrected chi connectivity index (χ1v) is 7.03. The maximum absolute atomic E-state index is 12.1. The van der Waals surface area contributed by atoms with Crippen LogP contribution in [0.5, 0.6) is 0 Å². The van der Waals surface area contributed by atoms with Gasteiger partial charge < -0.3 is 0 Å². The number of hydrogen-bond acceptors (Lipinski definition) is 5. The Bertz CT molecular complexity index is 499. The number of benzene rings is 1. The lowest BCUT2D eigenvalue weighted by Crippen LogP contribution is -2.13. The Hall–Kier alpha value is -0.910. The summed E-state index contributed by atoms with van der Waals surface area (Å²) in [6.07, 6.45) is 0. The van der Waals surface area contributed by atoms with Crippen LogP contribution in [0.1, 0.15) is 17.3 Å². The van der Waals surface area contributed by atoms with Crippen molar-refractivity contribution in [2.24, 2.45) is 0 Å². The fraction of sp³-hybridized carbons (Fsp3) is 0.182. The van der Waals surface area contributed by atoms with E-state index in [-0.39, 0.29) is 11.0 Å². The van der Waals surface area contributed by atoms with E-state index in [0.29, 0.717) is 10.6 Å². The summed E-state index contributed by atoms with van der Waals surface area (Å²) in [6, 6.07) is 6.91. The van der Waals surface area contributed by atoms with Crippen LogP contribution in [0.3, 0.4) is 0 Å². The minimum atomic E-state index is -0.177. The van der Waals surface area contributed by atoms with Crippen LogP contribution in [0.25, 0.3) is 0 Å². The summed E-state index contributed by atoms with van der Waals surface area (Å²) in [6.45, 7) is 1.86. The molecule has 1 atom stereocenters. The van der Waals surface area contributed by atoms with Gasteiger partial charge in [-0.2, -0.15) is 0 Å². The van der Waals surface area contributed by atoms with Crippen LogP contribution in [0.4, 0.5) is 0 Å². The summed E-state index contributed by atoms with van der Waals surface area (Å²) in [5.74, 6) is 0.0712. The van der Waals surface area contributed by atoms with Gasteiger partial charge in [-0.15, -0.1) is 10.2 Å². The molecule has 88 valence electrons. The van der Waals surface area contributed by atoms with Gasteiger partial charge in [0.2, 0.25) is 0 Å². The van der Waals surface area contributed by atoms with Crippen LogP contribution in [0.15, 0.2) is 34.1 Å². The van der Waals surface area contributed by atoms with Gasteiger partial charge in [-0.25, -0.2) is 0 Å². The van der Waals surface area contributed by atoms with Gasteiger partial charge in [0.15, 0.2) is 10.1 Å². The van der Waals surface area contributed by atoms with E-state index in [1.807, 2.05) is 6.92 Å². The molecule has 0 spiro atoms. The fourth-order valence-corrected chi connectivity index (χ4v) is 3.10. The molecule has 0 fully saturated rings. The van der Waals surface area contributed by atoms with E-state index < -0.39 is 0 Å². The molecule has 0 unspecified atom stereocenters. The SMILES string of the molecule is C[C@H](Sc1nncs1)C(=O)c1ccc(Cl)cc1. The Balaban J connectivity index is 2.07. The van der Waals surface area contributed by atoms with Gasteiger partial charge in [-0.1, -0.05) is 34.7 Å². The zero-order valence-electron chi connectivity index (χ0n) is 8.96. The van der Waals surface area contributed by atoms with Gasteiger partial charge in [-0.3, -0.25) is 4.79 Å². The van der Waals surface area contributed by atoms with Crippen LogP contribution in [-0.4, -0.2) is 21.2 Å². The molecule has 0 saturated carbocycles. The zero-order valence-corrected chi connectivity index (χ0v) is 11.4. The lowest BCUT2D eigenvalue weighted by molar-refractivity contribution is 0.0994. The van der Waals surface area contributed by atoms with Gasteiger partial charge in [-0.05, 0) is 31.2 Å². The second-order valence-corrected chi connectivity index (χ2v) is 6.19. The van der Waals surface area contributed by atoms with Crippen molar-refractivity contribution >= 4 is 40.5 Å². The van der Waals surface area contributed by atoms with Crippen molar-refractivity contribution in [3.05, 3.63) is 40.4 Å². The van der Waals surface area contributed by atoms with Crippen LogP contribution in [0.2, 0.25) is 5.02 Å². The standard InChI is InChI=1S/C11H9ClN2OS2/c1-7(17-11-14-13-6-16-11)10(15)8-2-4-9(12)5-3-8/h2-7H,1H3/t7-/m0/s1. The molecule has 3 nitrogen and oxygen atoms in total. The Kier molecular flexibility index (Phi) is 4.15. The Morgan fingerprint density at radius 3 is 2.71 bits per heavy atom. The number of carbonyl (C=O) groups excluding carboxylic acids is 1. The van der Waals surface area contributed by atoms with Crippen molar-refractivity contribution in [1.82, 2.24) is 10.2 Å². The molecule has 0 aliphatic heterocycles. The third-order valence-electron chi connectivity index (χ3n) is 2.12. The first kappa shape index (κ1) is 12.5. The molecule has 1 aromatic heterocycles. The average Bonchev–Trinajstić information content (AvgIpc) is 2.82. The fourth-order valence-electron chi connectivity index (χ4n) is 1.27. The number of nitrogens with zero attached hydrogens (tertiary/aromatic N) is 2. The molecule has 1 heterocycles. The summed E-state index contributed by atoms with van der Waals surface area (Å²) in [4.78, 5) is 12.1. The lowest BCUT2D eigenvalue weighted by atomic mass is 10.1. The average molecular weight is 285 g/mol. The molecule has 0 aliphatic rings. The predicted molar refractivity (Wildman–Crippen MR) is 71.0 cm³/mol. The molecule has 0 saturated heterocycles. The topological polar surface area (TPSA) is 42.9 Å². The summed E-state index contributed by atoms with van der Waals surface area (Å²) in [5.41, 5.74) is 2.32. The molecule has 17 heavy (non-hydrogen) atoms. The number of halogens is 1. The van der Waals surface area contributed by atoms with Gasteiger partial charge in [0.1, 0.15) is 5.51 Å². The van der Waals surface area contributed by atoms with Crippen LogP contribution >= 0.6 is 34.7 Å². The zero-order chi connectivity index (χ0) is 12.3. The highest BCUT2D eigenvalue weighted by atomic mass is 35.5. The van der Waals surface area contributed by atoms with E-state index in [0.717, 1.165) is 4.34 Å². The Morgan fingerprint density at radius 1 is 1.41 bits per heavy atom. The minimum absolute atomic E-state index is 0.0712. The Labute approximate surface area is 112 Å². The van der Waals surface area contributed by atoms with E-state index in [9.17, 15) is 4.79 Å². The maximum atomic E-state index is 12.1. The molecule has 0 aliphatic carbocycles. The van der Waals surface area contributed by atoms with E-state index in [2.05, 4.69) is 10.2 Å².